The maximum Gasteiger partial charge on any atom is 0.133 e. The van der Waals surface area contributed by atoms with Crippen LogP contribution in [0.4, 0.5) is 0 Å². The van der Waals surface area contributed by atoms with E-state index in [0.717, 1.165) is 25.1 Å². The van der Waals surface area contributed by atoms with Crippen LogP contribution in [-0.4, -0.2) is 0 Å². The fourth-order valence-corrected chi connectivity index (χ4v) is 2.48. The molecule has 0 fully saturated rings. The van der Waals surface area contributed by atoms with Crippen LogP contribution in [-0.2, 0) is 0 Å². The van der Waals surface area contributed by atoms with Crippen molar-refractivity contribution in [3.63, 3.8) is 0 Å². The van der Waals surface area contributed by atoms with Gasteiger partial charge in [-0.3, -0.25) is 0 Å². The first-order chi connectivity index (χ1) is 8.56. The van der Waals surface area contributed by atoms with Gasteiger partial charge in [-0.2, -0.15) is 0 Å². The van der Waals surface area contributed by atoms with E-state index in [1.165, 1.54) is 0 Å². The van der Waals surface area contributed by atoms with Crippen LogP contribution in [0.5, 0.6) is 11.5 Å². The van der Waals surface area contributed by atoms with Gasteiger partial charge in [0.2, 0.25) is 0 Å². The predicted molar refractivity (Wildman–Crippen MR) is 86.0 cm³/mol. The molecule has 0 aliphatic heterocycles. The Morgan fingerprint density at radius 3 is 2.67 bits per heavy atom. The molecule has 0 aromatic heterocycles. The zero-order chi connectivity index (χ0) is 13.1. The lowest BCUT2D eigenvalue weighted by Crippen LogP contribution is -2.06. The van der Waals surface area contributed by atoms with Crippen molar-refractivity contribution in [3.05, 3.63) is 56.1 Å². The Morgan fingerprint density at radius 2 is 2.00 bits per heavy atom. The van der Waals surface area contributed by atoms with Gasteiger partial charge in [0.1, 0.15) is 11.5 Å². The highest BCUT2D eigenvalue weighted by Gasteiger charge is 2.09. The molecule has 18 heavy (non-hydrogen) atoms. The van der Waals surface area contributed by atoms with Gasteiger partial charge in [0.25, 0.3) is 0 Å². The van der Waals surface area contributed by atoms with Crippen LogP contribution in [0.3, 0.4) is 0 Å². The zero-order valence-electron chi connectivity index (χ0n) is 9.86. The fraction of sp³-hybridized carbons (Fsp3) is 0.143. The summed E-state index contributed by atoms with van der Waals surface area (Å²) in [6.07, 6.45) is 0. The molecule has 2 aromatic rings. The highest BCUT2D eigenvalue weighted by Crippen LogP contribution is 2.32. The molecule has 2 nitrogen and oxygen atoms in total. The fourth-order valence-electron chi connectivity index (χ4n) is 1.63. The molecular weight excluding hydrogens is 405 g/mol. The molecule has 0 spiro atoms. The Bertz CT molecular complexity index is 557. The van der Waals surface area contributed by atoms with Gasteiger partial charge in [-0.1, -0.05) is 28.1 Å². The largest absolute Gasteiger partial charge is 0.457 e. The van der Waals surface area contributed by atoms with Crippen molar-refractivity contribution in [3.8, 4) is 11.5 Å². The van der Waals surface area contributed by atoms with Crippen LogP contribution in [0.25, 0.3) is 0 Å². The molecule has 2 N–H and O–H groups in total. The van der Waals surface area contributed by atoms with Gasteiger partial charge in [0.05, 0.1) is 0 Å². The molecule has 0 aliphatic carbocycles. The summed E-state index contributed by atoms with van der Waals surface area (Å²) in [4.78, 5) is 0. The van der Waals surface area contributed by atoms with Crippen molar-refractivity contribution >= 4 is 38.5 Å². The normalized spacial score (nSPS) is 12.2. The number of nitrogens with two attached hydrogens (primary N) is 1. The maximum atomic E-state index is 5.95. The maximum absolute atomic E-state index is 5.95. The number of rotatable bonds is 3. The van der Waals surface area contributed by atoms with Crippen LogP contribution in [0.15, 0.2) is 46.9 Å². The van der Waals surface area contributed by atoms with Crippen LogP contribution in [0.2, 0.25) is 0 Å². The van der Waals surface area contributed by atoms with Gasteiger partial charge in [-0.05, 0) is 59.8 Å². The third kappa shape index (κ3) is 3.46. The zero-order valence-corrected chi connectivity index (χ0v) is 13.6. The summed E-state index contributed by atoms with van der Waals surface area (Å²) in [5, 5.41) is 0. The van der Waals surface area contributed by atoms with Crippen molar-refractivity contribution in [2.75, 3.05) is 0 Å². The summed E-state index contributed by atoms with van der Waals surface area (Å²) in [6.45, 7) is 1.95. The number of benzene rings is 2. The SMILES string of the molecule is CC(N)c1ccc(Br)cc1Oc1cccc(I)c1. The van der Waals surface area contributed by atoms with Gasteiger partial charge in [0.15, 0.2) is 0 Å². The Labute approximate surface area is 129 Å². The number of halogens is 2. The molecule has 94 valence electrons. The second-order valence-electron chi connectivity index (χ2n) is 4.03. The summed E-state index contributed by atoms with van der Waals surface area (Å²) >= 11 is 5.71. The molecular formula is C14H13BrINO. The summed E-state index contributed by atoms with van der Waals surface area (Å²) in [7, 11) is 0. The summed E-state index contributed by atoms with van der Waals surface area (Å²) in [5.41, 5.74) is 6.95. The van der Waals surface area contributed by atoms with E-state index in [9.17, 15) is 0 Å². The minimum absolute atomic E-state index is 0.0594. The molecule has 1 unspecified atom stereocenters. The van der Waals surface area contributed by atoms with Crippen molar-refractivity contribution in [2.24, 2.45) is 5.73 Å². The average molecular weight is 418 g/mol. The smallest absolute Gasteiger partial charge is 0.133 e. The van der Waals surface area contributed by atoms with Gasteiger partial charge in [-0.25, -0.2) is 0 Å². The van der Waals surface area contributed by atoms with Crippen LogP contribution >= 0.6 is 38.5 Å². The molecule has 0 bridgehead atoms. The molecule has 0 saturated carbocycles. The Hall–Kier alpha value is -0.590. The summed E-state index contributed by atoms with van der Waals surface area (Å²) < 4.78 is 8.04. The van der Waals surface area contributed by atoms with E-state index in [2.05, 4.69) is 38.5 Å². The first-order valence-electron chi connectivity index (χ1n) is 5.54. The minimum Gasteiger partial charge on any atom is -0.457 e. The molecule has 4 heteroatoms. The van der Waals surface area contributed by atoms with Crippen molar-refractivity contribution in [2.45, 2.75) is 13.0 Å². The second kappa shape index (κ2) is 6.04. The number of hydrogen-bond acceptors (Lipinski definition) is 2. The van der Waals surface area contributed by atoms with E-state index in [1.807, 2.05) is 49.4 Å². The summed E-state index contributed by atoms with van der Waals surface area (Å²) in [5.74, 6) is 1.61. The van der Waals surface area contributed by atoms with Crippen LogP contribution < -0.4 is 10.5 Å². The van der Waals surface area contributed by atoms with E-state index in [1.54, 1.807) is 0 Å². The third-order valence-corrected chi connectivity index (χ3v) is 3.65. The average Bonchev–Trinajstić information content (AvgIpc) is 2.28. The van der Waals surface area contributed by atoms with E-state index in [-0.39, 0.29) is 6.04 Å². The highest BCUT2D eigenvalue weighted by atomic mass is 127. The summed E-state index contributed by atoms with van der Waals surface area (Å²) in [6, 6.07) is 13.8. The van der Waals surface area contributed by atoms with Gasteiger partial charge in [-0.15, -0.1) is 0 Å². The Morgan fingerprint density at radius 1 is 1.22 bits per heavy atom. The first-order valence-corrected chi connectivity index (χ1v) is 7.42. The second-order valence-corrected chi connectivity index (χ2v) is 6.19. The van der Waals surface area contributed by atoms with E-state index in [0.29, 0.717) is 0 Å². The lowest BCUT2D eigenvalue weighted by atomic mass is 10.1. The monoisotopic (exact) mass is 417 g/mol. The molecule has 0 radical (unpaired) electrons. The minimum atomic E-state index is -0.0594. The third-order valence-electron chi connectivity index (χ3n) is 2.49. The highest BCUT2D eigenvalue weighted by molar-refractivity contribution is 14.1. The van der Waals surface area contributed by atoms with Crippen LogP contribution in [0.1, 0.15) is 18.5 Å². The standard InChI is InChI=1S/C14H13BrINO/c1-9(17)13-6-5-10(15)7-14(13)18-12-4-2-3-11(16)8-12/h2-9H,17H2,1H3. The topological polar surface area (TPSA) is 35.2 Å². The van der Waals surface area contributed by atoms with Gasteiger partial charge in [0, 0.05) is 19.6 Å². The quantitative estimate of drug-likeness (QED) is 0.723. The van der Waals surface area contributed by atoms with E-state index in [4.69, 9.17) is 10.5 Å². The Balaban J connectivity index is 2.36. The Kier molecular flexibility index (Phi) is 4.64. The van der Waals surface area contributed by atoms with E-state index < -0.39 is 0 Å². The molecule has 0 amide bonds. The lowest BCUT2D eigenvalue weighted by molar-refractivity contribution is 0.471. The van der Waals surface area contributed by atoms with E-state index >= 15 is 0 Å². The molecule has 0 aliphatic rings. The lowest BCUT2D eigenvalue weighted by Gasteiger charge is -2.14. The van der Waals surface area contributed by atoms with Gasteiger partial charge < -0.3 is 10.5 Å². The van der Waals surface area contributed by atoms with Crippen molar-refractivity contribution in [1.82, 2.24) is 0 Å². The van der Waals surface area contributed by atoms with Crippen molar-refractivity contribution < 1.29 is 4.74 Å². The number of ether oxygens (including phenoxy) is 1. The molecule has 2 aromatic carbocycles. The molecule has 0 saturated heterocycles. The predicted octanol–water partition coefficient (Wildman–Crippen LogP) is 4.87. The van der Waals surface area contributed by atoms with Crippen molar-refractivity contribution in [1.29, 1.82) is 0 Å². The molecule has 2 rings (SSSR count). The number of hydrogen-bond donors (Lipinski definition) is 1. The molecule has 0 heterocycles. The van der Waals surface area contributed by atoms with Gasteiger partial charge >= 0.3 is 0 Å². The first kappa shape index (κ1) is 13.8. The van der Waals surface area contributed by atoms with Crippen LogP contribution in [0, 0.1) is 3.57 Å². The molecule has 1 atom stereocenters.